The Labute approximate surface area is 59.2 Å². The molecule has 1 atom stereocenters. The lowest BCUT2D eigenvalue weighted by atomic mass is 10.3. The van der Waals surface area contributed by atoms with E-state index in [2.05, 4.69) is 0 Å². The van der Waals surface area contributed by atoms with Crippen molar-refractivity contribution >= 4 is 18.4 Å². The molecule has 0 N–H and O–H groups in total. The normalized spacial score (nSPS) is 33.3. The van der Waals surface area contributed by atoms with Crippen LogP contribution in [0.3, 0.4) is 0 Å². The molecule has 0 saturated carbocycles. The predicted molar refractivity (Wildman–Crippen MR) is 37.6 cm³/mol. The topological polar surface area (TPSA) is 51.2 Å². The SMILES string of the molecule is CCP1(=O)CCC(=O)C1=O. The monoisotopic (exact) mass is 160 g/mol. The molecule has 4 heteroatoms. The number of Topliss-reactive ketones (excluding diaryl/α,β-unsaturated/α-hetero) is 1. The Morgan fingerprint density at radius 1 is 1.50 bits per heavy atom. The van der Waals surface area contributed by atoms with Gasteiger partial charge in [0.25, 0.3) is 5.52 Å². The van der Waals surface area contributed by atoms with E-state index in [1.807, 2.05) is 0 Å². The summed E-state index contributed by atoms with van der Waals surface area (Å²) in [7, 11) is -2.69. The molecule has 10 heavy (non-hydrogen) atoms. The van der Waals surface area contributed by atoms with Gasteiger partial charge in [0.1, 0.15) is 0 Å². The van der Waals surface area contributed by atoms with Gasteiger partial charge in [-0.3, -0.25) is 9.59 Å². The maximum atomic E-state index is 11.4. The van der Waals surface area contributed by atoms with E-state index in [4.69, 9.17) is 0 Å². The van der Waals surface area contributed by atoms with E-state index in [1.165, 1.54) is 0 Å². The van der Waals surface area contributed by atoms with Gasteiger partial charge >= 0.3 is 0 Å². The van der Waals surface area contributed by atoms with E-state index >= 15 is 0 Å². The minimum absolute atomic E-state index is 0.198. The van der Waals surface area contributed by atoms with Crippen LogP contribution in [0.15, 0.2) is 0 Å². The first-order valence-corrected chi connectivity index (χ1v) is 5.33. The highest BCUT2D eigenvalue weighted by molar-refractivity contribution is 7.83. The highest BCUT2D eigenvalue weighted by atomic mass is 31.2. The maximum absolute atomic E-state index is 11.4. The maximum Gasteiger partial charge on any atom is 0.256 e. The zero-order chi connectivity index (χ0) is 7.78. The molecule has 56 valence electrons. The molecule has 1 unspecified atom stereocenters. The van der Waals surface area contributed by atoms with Gasteiger partial charge in [-0.05, 0) is 0 Å². The van der Waals surface area contributed by atoms with Crippen LogP contribution in [0.2, 0.25) is 0 Å². The van der Waals surface area contributed by atoms with E-state index in [0.29, 0.717) is 12.3 Å². The van der Waals surface area contributed by atoms with Gasteiger partial charge in [0, 0.05) is 18.7 Å². The summed E-state index contributed by atoms with van der Waals surface area (Å²) in [5.74, 6) is -0.440. The molecule has 0 radical (unpaired) electrons. The van der Waals surface area contributed by atoms with Crippen molar-refractivity contribution in [3.05, 3.63) is 0 Å². The van der Waals surface area contributed by atoms with E-state index in [0.717, 1.165) is 0 Å². The van der Waals surface area contributed by atoms with Crippen molar-refractivity contribution in [2.75, 3.05) is 12.3 Å². The van der Waals surface area contributed by atoms with Crippen molar-refractivity contribution in [2.24, 2.45) is 0 Å². The van der Waals surface area contributed by atoms with Crippen LogP contribution >= 0.6 is 7.14 Å². The zero-order valence-corrected chi connectivity index (χ0v) is 6.69. The Balaban J connectivity index is 2.95. The molecule has 0 aromatic carbocycles. The minimum atomic E-state index is -2.69. The predicted octanol–water partition coefficient (Wildman–Crippen LogP) is 0.869. The van der Waals surface area contributed by atoms with E-state index < -0.39 is 18.4 Å². The van der Waals surface area contributed by atoms with Crippen LogP contribution in [0.25, 0.3) is 0 Å². The largest absolute Gasteiger partial charge is 0.315 e. The fourth-order valence-corrected chi connectivity index (χ4v) is 2.96. The number of ketones is 1. The first-order chi connectivity index (χ1) is 4.60. The third kappa shape index (κ3) is 0.948. The van der Waals surface area contributed by atoms with E-state index in [-0.39, 0.29) is 6.42 Å². The van der Waals surface area contributed by atoms with Gasteiger partial charge in [-0.2, -0.15) is 0 Å². The van der Waals surface area contributed by atoms with Crippen LogP contribution < -0.4 is 0 Å². The molecule has 0 aromatic rings. The Bertz CT molecular complexity index is 231. The summed E-state index contributed by atoms with van der Waals surface area (Å²) < 4.78 is 11.4. The van der Waals surface area contributed by atoms with Crippen LogP contribution in [0.5, 0.6) is 0 Å². The first-order valence-electron chi connectivity index (χ1n) is 3.26. The first kappa shape index (κ1) is 7.67. The smallest absolute Gasteiger partial charge is 0.256 e. The molecule has 0 spiro atoms. The molecule has 1 heterocycles. The second kappa shape index (κ2) is 2.31. The number of carbonyl (C=O) groups excluding carboxylic acids is 2. The summed E-state index contributed by atoms with van der Waals surface area (Å²) in [6, 6.07) is 0. The van der Waals surface area contributed by atoms with Gasteiger partial charge in [0.2, 0.25) is 5.78 Å². The minimum Gasteiger partial charge on any atom is -0.315 e. The third-order valence-electron chi connectivity index (χ3n) is 1.82. The number of hydrogen-bond acceptors (Lipinski definition) is 3. The molecule has 0 aromatic heterocycles. The molecular formula is C6H9O3P. The third-order valence-corrected chi connectivity index (χ3v) is 4.78. The van der Waals surface area contributed by atoms with Crippen molar-refractivity contribution in [1.29, 1.82) is 0 Å². The van der Waals surface area contributed by atoms with Crippen LogP contribution in [0.1, 0.15) is 13.3 Å². The summed E-state index contributed by atoms with van der Waals surface area (Å²) in [6.45, 7) is 1.69. The zero-order valence-electron chi connectivity index (χ0n) is 5.79. The fraction of sp³-hybridized carbons (Fsp3) is 0.667. The number of rotatable bonds is 1. The van der Waals surface area contributed by atoms with Gasteiger partial charge in [-0.15, -0.1) is 0 Å². The molecule has 3 nitrogen and oxygen atoms in total. The highest BCUT2D eigenvalue weighted by Gasteiger charge is 2.40. The molecular weight excluding hydrogens is 151 g/mol. The molecule has 1 fully saturated rings. The van der Waals surface area contributed by atoms with Crippen LogP contribution in [-0.4, -0.2) is 23.6 Å². The van der Waals surface area contributed by atoms with Gasteiger partial charge < -0.3 is 4.57 Å². The summed E-state index contributed by atoms with van der Waals surface area (Å²) in [4.78, 5) is 21.5. The summed E-state index contributed by atoms with van der Waals surface area (Å²) in [5.41, 5.74) is -0.602. The Morgan fingerprint density at radius 2 is 2.10 bits per heavy atom. The summed E-state index contributed by atoms with van der Waals surface area (Å²) in [6.07, 6.45) is 0.850. The second-order valence-corrected chi connectivity index (χ2v) is 5.67. The van der Waals surface area contributed by atoms with Gasteiger partial charge in [0.15, 0.2) is 7.14 Å². The average molecular weight is 160 g/mol. The molecule has 0 bridgehead atoms. The van der Waals surface area contributed by atoms with Crippen LogP contribution in [0, 0.1) is 0 Å². The molecule has 1 aliphatic heterocycles. The molecule has 1 aliphatic rings. The molecule has 0 amide bonds. The Morgan fingerprint density at radius 3 is 2.30 bits per heavy atom. The van der Waals surface area contributed by atoms with E-state index in [1.54, 1.807) is 6.92 Å². The van der Waals surface area contributed by atoms with Gasteiger partial charge in [-0.25, -0.2) is 0 Å². The second-order valence-electron chi connectivity index (χ2n) is 2.41. The van der Waals surface area contributed by atoms with Crippen molar-refractivity contribution < 1.29 is 14.2 Å². The van der Waals surface area contributed by atoms with E-state index in [9.17, 15) is 14.2 Å². The lowest BCUT2D eigenvalue weighted by molar-refractivity contribution is -0.131. The quantitative estimate of drug-likeness (QED) is 0.422. The Kier molecular flexibility index (Phi) is 1.78. The summed E-state index contributed by atoms with van der Waals surface area (Å²) in [5, 5.41) is 0. The van der Waals surface area contributed by atoms with Gasteiger partial charge in [0.05, 0.1) is 0 Å². The fourth-order valence-electron chi connectivity index (χ4n) is 1.02. The lowest BCUT2D eigenvalue weighted by Crippen LogP contribution is -2.04. The number of carbonyl (C=O) groups is 2. The van der Waals surface area contributed by atoms with Crippen molar-refractivity contribution in [1.82, 2.24) is 0 Å². The van der Waals surface area contributed by atoms with Crippen molar-refractivity contribution in [3.8, 4) is 0 Å². The Hall–Kier alpha value is -0.430. The average Bonchev–Trinajstić information content (AvgIpc) is 2.19. The summed E-state index contributed by atoms with van der Waals surface area (Å²) >= 11 is 0. The van der Waals surface area contributed by atoms with Crippen molar-refractivity contribution in [2.45, 2.75) is 13.3 Å². The molecule has 1 rings (SSSR count). The van der Waals surface area contributed by atoms with Crippen LogP contribution in [-0.2, 0) is 14.2 Å². The highest BCUT2D eigenvalue weighted by Crippen LogP contribution is 2.51. The molecule has 1 saturated heterocycles. The number of hydrogen-bond donors (Lipinski definition) is 0. The van der Waals surface area contributed by atoms with Crippen molar-refractivity contribution in [3.63, 3.8) is 0 Å². The van der Waals surface area contributed by atoms with Gasteiger partial charge in [-0.1, -0.05) is 6.92 Å². The standard InChI is InChI=1S/C6H9O3P/c1-2-10(9)4-3-5(7)6(10)8/h2-4H2,1H3. The van der Waals surface area contributed by atoms with Crippen LogP contribution in [0.4, 0.5) is 0 Å². The molecule has 0 aliphatic carbocycles. The lowest BCUT2D eigenvalue weighted by Gasteiger charge is -2.01.